The molecule has 1 N–H and O–H groups in total. The second-order valence-corrected chi connectivity index (χ2v) is 5.52. The van der Waals surface area contributed by atoms with Gasteiger partial charge in [0.15, 0.2) is 0 Å². The van der Waals surface area contributed by atoms with E-state index in [1.807, 2.05) is 19.1 Å². The summed E-state index contributed by atoms with van der Waals surface area (Å²) in [7, 11) is -0.149. The zero-order valence-corrected chi connectivity index (χ0v) is 12.0. The Bertz CT molecular complexity index is 501. The first-order chi connectivity index (χ1) is 8.95. The van der Waals surface area contributed by atoms with Crippen LogP contribution in [0.2, 0.25) is 0 Å². The molecule has 104 valence electrons. The van der Waals surface area contributed by atoms with Gasteiger partial charge in [-0.05, 0) is 18.6 Å². The molecule has 0 saturated carbocycles. The third-order valence-corrected chi connectivity index (χ3v) is 4.10. The van der Waals surface area contributed by atoms with Crippen molar-refractivity contribution >= 4 is 22.7 Å². The third kappa shape index (κ3) is 4.48. The van der Waals surface area contributed by atoms with E-state index < -0.39 is 22.8 Å². The molecule has 0 aliphatic carbocycles. The number of hydrogen-bond acceptors (Lipinski definition) is 4. The Morgan fingerprint density at radius 2 is 2.00 bits per heavy atom. The number of ether oxygens (including phenoxy) is 1. The topological polar surface area (TPSA) is 72.5 Å². The number of methoxy groups -OCH3 is 1. The molecule has 0 fully saturated rings. The van der Waals surface area contributed by atoms with Crippen LogP contribution in [0, 0.1) is 6.92 Å². The number of aryl methyl sites for hydroxylation is 1. The Morgan fingerprint density at radius 3 is 2.53 bits per heavy atom. The summed E-state index contributed by atoms with van der Waals surface area (Å²) >= 11 is 0. The van der Waals surface area contributed by atoms with Gasteiger partial charge in [0.1, 0.15) is 6.04 Å². The summed E-state index contributed by atoms with van der Waals surface area (Å²) in [5.74, 6) is -0.966. The fraction of sp³-hybridized carbons (Fsp3) is 0.385. The molecule has 2 unspecified atom stereocenters. The molecule has 1 aromatic carbocycles. The first-order valence-corrected chi connectivity index (χ1v) is 7.06. The molecule has 0 aromatic heterocycles. The predicted octanol–water partition coefficient (Wildman–Crippen LogP) is 0.780. The first kappa shape index (κ1) is 15.4. The summed E-state index contributed by atoms with van der Waals surface area (Å²) in [4.78, 5) is 23.2. The van der Waals surface area contributed by atoms with Crippen LogP contribution in [0.25, 0.3) is 0 Å². The average molecular weight is 283 g/mol. The van der Waals surface area contributed by atoms with Gasteiger partial charge in [-0.2, -0.15) is 0 Å². The van der Waals surface area contributed by atoms with Crippen LogP contribution in [0.4, 0.5) is 0 Å². The first-order valence-electron chi connectivity index (χ1n) is 5.74. The molecule has 0 spiro atoms. The van der Waals surface area contributed by atoms with E-state index in [1.165, 1.54) is 14.0 Å². The fourth-order valence-electron chi connectivity index (χ4n) is 1.61. The van der Waals surface area contributed by atoms with Crippen molar-refractivity contribution in [3.05, 3.63) is 29.8 Å². The van der Waals surface area contributed by atoms with Gasteiger partial charge < -0.3 is 10.1 Å². The average Bonchev–Trinajstić information content (AvgIpc) is 2.36. The zero-order valence-electron chi connectivity index (χ0n) is 11.1. The van der Waals surface area contributed by atoms with Crippen molar-refractivity contribution < 1.29 is 18.5 Å². The highest BCUT2D eigenvalue weighted by Gasteiger charge is 2.23. The van der Waals surface area contributed by atoms with Crippen molar-refractivity contribution in [1.82, 2.24) is 5.32 Å². The number of nitrogens with one attached hydrogen (secondary N) is 1. The van der Waals surface area contributed by atoms with Gasteiger partial charge in [0.2, 0.25) is 5.91 Å². The smallest absolute Gasteiger partial charge is 0.329 e. The van der Waals surface area contributed by atoms with Gasteiger partial charge in [-0.1, -0.05) is 18.2 Å². The van der Waals surface area contributed by atoms with Gasteiger partial charge in [0, 0.05) is 11.8 Å². The Kier molecular flexibility index (Phi) is 5.69. The Balaban J connectivity index is 2.85. The van der Waals surface area contributed by atoms with Gasteiger partial charge in [0.05, 0.1) is 23.7 Å². The lowest BCUT2D eigenvalue weighted by molar-refractivity contribution is -0.144. The van der Waals surface area contributed by atoms with Crippen LogP contribution >= 0.6 is 0 Å². The van der Waals surface area contributed by atoms with Crippen molar-refractivity contribution in [3.8, 4) is 0 Å². The molecule has 1 amide bonds. The van der Waals surface area contributed by atoms with Crippen LogP contribution in [-0.4, -0.2) is 35.0 Å². The van der Waals surface area contributed by atoms with Gasteiger partial charge in [-0.15, -0.1) is 0 Å². The van der Waals surface area contributed by atoms with Crippen LogP contribution < -0.4 is 5.32 Å². The maximum absolute atomic E-state index is 12.2. The molecule has 1 rings (SSSR count). The van der Waals surface area contributed by atoms with E-state index in [4.69, 9.17) is 0 Å². The lowest BCUT2D eigenvalue weighted by Gasteiger charge is -2.15. The number of carbonyl (C=O) groups excluding carboxylic acids is 2. The summed E-state index contributed by atoms with van der Waals surface area (Å²) in [6, 6.07) is 6.32. The van der Waals surface area contributed by atoms with Crippen molar-refractivity contribution in [1.29, 1.82) is 0 Å². The van der Waals surface area contributed by atoms with Crippen LogP contribution in [-0.2, 0) is 25.1 Å². The molecular weight excluding hydrogens is 266 g/mol. The maximum Gasteiger partial charge on any atom is 0.329 e. The third-order valence-electron chi connectivity index (χ3n) is 2.52. The highest BCUT2D eigenvalue weighted by molar-refractivity contribution is 7.85. The minimum Gasteiger partial charge on any atom is -0.467 e. The monoisotopic (exact) mass is 283 g/mol. The second-order valence-electron chi connectivity index (χ2n) is 4.05. The van der Waals surface area contributed by atoms with E-state index in [2.05, 4.69) is 10.1 Å². The SMILES string of the molecule is COC(=O)C(CS(=O)c1ccccc1C)NC(C)=O. The standard InChI is InChI=1S/C13H17NO4S/c1-9-6-4-5-7-12(9)19(17)8-11(13(16)18-3)14-10(2)15/h4-7,11H,8H2,1-3H3,(H,14,15). The Labute approximate surface area is 114 Å². The maximum atomic E-state index is 12.2. The second kappa shape index (κ2) is 7.04. The molecule has 19 heavy (non-hydrogen) atoms. The molecule has 0 saturated heterocycles. The predicted molar refractivity (Wildman–Crippen MR) is 72.1 cm³/mol. The lowest BCUT2D eigenvalue weighted by atomic mass is 10.2. The minimum absolute atomic E-state index is 0.00287. The van der Waals surface area contributed by atoms with Crippen molar-refractivity contribution in [2.24, 2.45) is 0 Å². The van der Waals surface area contributed by atoms with E-state index in [0.29, 0.717) is 4.90 Å². The molecule has 2 atom stereocenters. The summed E-state index contributed by atoms with van der Waals surface area (Å²) in [6.07, 6.45) is 0. The molecule has 0 bridgehead atoms. The quantitative estimate of drug-likeness (QED) is 0.811. The number of hydrogen-bond donors (Lipinski definition) is 1. The Hall–Kier alpha value is -1.69. The summed E-state index contributed by atoms with van der Waals surface area (Å²) < 4.78 is 16.8. The van der Waals surface area contributed by atoms with Gasteiger partial charge >= 0.3 is 5.97 Å². The van der Waals surface area contributed by atoms with E-state index >= 15 is 0 Å². The molecule has 0 aliphatic heterocycles. The molecule has 0 radical (unpaired) electrons. The molecule has 5 nitrogen and oxygen atoms in total. The number of amides is 1. The largest absolute Gasteiger partial charge is 0.467 e. The van der Waals surface area contributed by atoms with Gasteiger partial charge in [0.25, 0.3) is 0 Å². The fourth-order valence-corrected chi connectivity index (χ4v) is 2.97. The van der Waals surface area contributed by atoms with Crippen LogP contribution in [0.5, 0.6) is 0 Å². The molecule has 0 aliphatic rings. The highest BCUT2D eigenvalue weighted by Crippen LogP contribution is 2.13. The van der Waals surface area contributed by atoms with Crippen molar-refractivity contribution in [2.75, 3.05) is 12.9 Å². The van der Waals surface area contributed by atoms with Gasteiger partial charge in [-0.25, -0.2) is 4.79 Å². The van der Waals surface area contributed by atoms with Crippen LogP contribution in [0.15, 0.2) is 29.2 Å². The van der Waals surface area contributed by atoms with Crippen LogP contribution in [0.1, 0.15) is 12.5 Å². The van der Waals surface area contributed by atoms with E-state index in [9.17, 15) is 13.8 Å². The van der Waals surface area contributed by atoms with Crippen molar-refractivity contribution in [3.63, 3.8) is 0 Å². The van der Waals surface area contributed by atoms with E-state index in [0.717, 1.165) is 5.56 Å². The normalized spacial score (nSPS) is 13.4. The Morgan fingerprint density at radius 1 is 1.37 bits per heavy atom. The summed E-state index contributed by atoms with van der Waals surface area (Å²) in [6.45, 7) is 3.14. The van der Waals surface area contributed by atoms with E-state index in [-0.39, 0.29) is 11.7 Å². The summed E-state index contributed by atoms with van der Waals surface area (Å²) in [5, 5.41) is 2.44. The number of benzene rings is 1. The van der Waals surface area contributed by atoms with E-state index in [1.54, 1.807) is 12.1 Å². The zero-order chi connectivity index (χ0) is 14.4. The minimum atomic E-state index is -1.38. The summed E-state index contributed by atoms with van der Waals surface area (Å²) in [5.41, 5.74) is 0.882. The molecule has 0 heterocycles. The lowest BCUT2D eigenvalue weighted by Crippen LogP contribution is -2.44. The number of carbonyl (C=O) groups is 2. The number of esters is 1. The molecular formula is C13H17NO4S. The van der Waals surface area contributed by atoms with Crippen LogP contribution in [0.3, 0.4) is 0 Å². The number of rotatable bonds is 5. The van der Waals surface area contributed by atoms with Gasteiger partial charge in [-0.3, -0.25) is 9.00 Å². The highest BCUT2D eigenvalue weighted by atomic mass is 32.2. The molecule has 6 heteroatoms. The molecule has 1 aromatic rings. The van der Waals surface area contributed by atoms with Crippen molar-refractivity contribution in [2.45, 2.75) is 24.8 Å².